The predicted molar refractivity (Wildman–Crippen MR) is 84.0 cm³/mol. The van der Waals surface area contributed by atoms with E-state index in [1.54, 1.807) is 11.3 Å². The number of hydrogen-bond acceptors (Lipinski definition) is 4. The summed E-state index contributed by atoms with van der Waals surface area (Å²) in [5.74, 6) is 0.459. The Balaban J connectivity index is 1.89. The molecule has 0 atom stereocenters. The molecule has 1 N–H and O–H groups in total. The van der Waals surface area contributed by atoms with E-state index in [0.717, 1.165) is 23.3 Å². The van der Waals surface area contributed by atoms with Gasteiger partial charge in [0.15, 0.2) is 0 Å². The lowest BCUT2D eigenvalue weighted by Crippen LogP contribution is -2.15. The largest absolute Gasteiger partial charge is 0.309 e. The second-order valence-electron chi connectivity index (χ2n) is 5.86. The molecular weight excluding hydrogens is 266 g/mol. The second kappa shape index (κ2) is 5.62. The smallest absolute Gasteiger partial charge is 0.142 e. The molecule has 0 saturated heterocycles. The monoisotopic (exact) mass is 287 g/mol. The normalized spacial score (nSPS) is 15.0. The number of aromatic nitrogens is 2. The molecule has 0 unspecified atom stereocenters. The van der Waals surface area contributed by atoms with E-state index in [-0.39, 0.29) is 0 Å². The van der Waals surface area contributed by atoms with Gasteiger partial charge in [-0.05, 0) is 43.4 Å². The van der Waals surface area contributed by atoms with Crippen LogP contribution in [0.15, 0.2) is 18.3 Å². The van der Waals surface area contributed by atoms with Gasteiger partial charge in [0.05, 0.1) is 11.4 Å². The average molecular weight is 287 g/mol. The lowest BCUT2D eigenvalue weighted by atomic mass is 10.1. The van der Waals surface area contributed by atoms with Crippen LogP contribution < -0.4 is 5.32 Å². The minimum Gasteiger partial charge on any atom is -0.309 e. The fraction of sp³-hybridized carbons (Fsp3) is 0.500. The van der Waals surface area contributed by atoms with Crippen molar-refractivity contribution >= 4 is 11.3 Å². The van der Waals surface area contributed by atoms with Crippen LogP contribution in [0.2, 0.25) is 0 Å². The summed E-state index contributed by atoms with van der Waals surface area (Å²) in [5, 5.41) is 4.64. The number of rotatable bonds is 5. The summed E-state index contributed by atoms with van der Waals surface area (Å²) in [4.78, 5) is 10.7. The Morgan fingerprint density at radius 3 is 2.85 bits per heavy atom. The fourth-order valence-electron chi connectivity index (χ4n) is 2.23. The maximum atomic E-state index is 4.84. The van der Waals surface area contributed by atoms with Crippen molar-refractivity contribution < 1.29 is 0 Å². The molecule has 0 amide bonds. The van der Waals surface area contributed by atoms with Crippen molar-refractivity contribution in [2.24, 2.45) is 0 Å². The van der Waals surface area contributed by atoms with Gasteiger partial charge in [-0.3, -0.25) is 4.98 Å². The van der Waals surface area contributed by atoms with Gasteiger partial charge in [0.25, 0.3) is 0 Å². The first-order chi connectivity index (χ1) is 9.63. The van der Waals surface area contributed by atoms with Gasteiger partial charge in [0.2, 0.25) is 0 Å². The molecule has 3 nitrogen and oxygen atoms in total. The van der Waals surface area contributed by atoms with Gasteiger partial charge in [-0.15, -0.1) is 11.3 Å². The van der Waals surface area contributed by atoms with Crippen molar-refractivity contribution in [3.8, 4) is 10.7 Å². The highest BCUT2D eigenvalue weighted by Crippen LogP contribution is 2.31. The molecule has 20 heavy (non-hydrogen) atoms. The van der Waals surface area contributed by atoms with Crippen LogP contribution in [-0.4, -0.2) is 16.0 Å². The van der Waals surface area contributed by atoms with Crippen molar-refractivity contribution in [3.05, 3.63) is 34.5 Å². The number of nitrogens with zero attached hydrogens (tertiary/aromatic N) is 2. The number of aryl methyl sites for hydroxylation is 1. The highest BCUT2D eigenvalue weighted by atomic mass is 32.1. The van der Waals surface area contributed by atoms with Crippen molar-refractivity contribution in [1.29, 1.82) is 0 Å². The lowest BCUT2D eigenvalue weighted by Gasteiger charge is -2.05. The van der Waals surface area contributed by atoms with Crippen LogP contribution in [0, 0.1) is 6.92 Å². The van der Waals surface area contributed by atoms with Crippen LogP contribution in [0.1, 0.15) is 48.7 Å². The molecule has 0 radical (unpaired) electrons. The van der Waals surface area contributed by atoms with Crippen LogP contribution in [0.5, 0.6) is 0 Å². The zero-order chi connectivity index (χ0) is 14.1. The Morgan fingerprint density at radius 2 is 2.20 bits per heavy atom. The molecule has 1 saturated carbocycles. The van der Waals surface area contributed by atoms with Gasteiger partial charge in [0.1, 0.15) is 5.01 Å². The van der Waals surface area contributed by atoms with E-state index in [9.17, 15) is 0 Å². The third-order valence-electron chi connectivity index (χ3n) is 3.54. The summed E-state index contributed by atoms with van der Waals surface area (Å²) in [5.41, 5.74) is 3.45. The van der Waals surface area contributed by atoms with Crippen molar-refractivity contribution in [3.63, 3.8) is 0 Å². The molecule has 1 fully saturated rings. The zero-order valence-electron chi connectivity index (χ0n) is 12.3. The highest BCUT2D eigenvalue weighted by Gasteiger charge is 2.22. The van der Waals surface area contributed by atoms with Gasteiger partial charge in [-0.25, -0.2) is 4.98 Å². The first-order valence-electron chi connectivity index (χ1n) is 7.29. The van der Waals surface area contributed by atoms with Crippen LogP contribution in [0.25, 0.3) is 10.7 Å². The molecule has 0 bridgehead atoms. The Bertz CT molecular complexity index is 600. The van der Waals surface area contributed by atoms with E-state index < -0.39 is 0 Å². The van der Waals surface area contributed by atoms with Crippen LogP contribution >= 0.6 is 11.3 Å². The number of pyridine rings is 1. The van der Waals surface area contributed by atoms with E-state index >= 15 is 0 Å². The first kappa shape index (κ1) is 13.7. The number of nitrogens with one attached hydrogen (secondary N) is 1. The summed E-state index contributed by atoms with van der Waals surface area (Å²) in [6.45, 7) is 7.46. The van der Waals surface area contributed by atoms with Crippen LogP contribution in [-0.2, 0) is 6.54 Å². The van der Waals surface area contributed by atoms with Gasteiger partial charge in [-0.2, -0.15) is 0 Å². The molecule has 2 aromatic rings. The summed E-state index contributed by atoms with van der Waals surface area (Å²) in [6, 6.07) is 4.87. The SMILES string of the molecule is Cc1ccnc(-c2nc(C(C)C)c(CNC3CC3)s2)c1. The summed E-state index contributed by atoms with van der Waals surface area (Å²) in [7, 11) is 0. The van der Waals surface area contributed by atoms with Crippen molar-refractivity contribution in [2.45, 2.75) is 52.1 Å². The minimum absolute atomic E-state index is 0.459. The molecule has 1 aliphatic rings. The summed E-state index contributed by atoms with van der Waals surface area (Å²) >= 11 is 1.78. The standard InChI is InChI=1S/C16H21N3S/c1-10(2)15-14(9-18-12-4-5-12)20-16(19-15)13-8-11(3)6-7-17-13/h6-8,10,12,18H,4-5,9H2,1-3H3. The Hall–Kier alpha value is -1.26. The second-order valence-corrected chi connectivity index (χ2v) is 6.94. The Morgan fingerprint density at radius 1 is 1.40 bits per heavy atom. The Kier molecular flexibility index (Phi) is 3.85. The van der Waals surface area contributed by atoms with E-state index in [4.69, 9.17) is 4.98 Å². The average Bonchev–Trinajstić information content (AvgIpc) is 3.14. The quantitative estimate of drug-likeness (QED) is 0.906. The molecule has 2 aromatic heterocycles. The van der Waals surface area contributed by atoms with Crippen LogP contribution in [0.3, 0.4) is 0 Å². The molecule has 2 heterocycles. The number of hydrogen-bond donors (Lipinski definition) is 1. The predicted octanol–water partition coefficient (Wildman–Crippen LogP) is 3.89. The van der Waals surface area contributed by atoms with Crippen molar-refractivity contribution in [2.75, 3.05) is 0 Å². The maximum Gasteiger partial charge on any atom is 0.142 e. The van der Waals surface area contributed by atoms with E-state index in [0.29, 0.717) is 5.92 Å². The summed E-state index contributed by atoms with van der Waals surface area (Å²) < 4.78 is 0. The fourth-order valence-corrected chi connectivity index (χ4v) is 3.36. The first-order valence-corrected chi connectivity index (χ1v) is 8.11. The highest BCUT2D eigenvalue weighted by molar-refractivity contribution is 7.15. The molecule has 0 aliphatic heterocycles. The third kappa shape index (κ3) is 3.07. The van der Waals surface area contributed by atoms with E-state index in [1.165, 1.54) is 29.0 Å². The zero-order valence-corrected chi connectivity index (χ0v) is 13.1. The molecule has 1 aliphatic carbocycles. The topological polar surface area (TPSA) is 37.8 Å². The van der Waals surface area contributed by atoms with Crippen LogP contribution in [0.4, 0.5) is 0 Å². The van der Waals surface area contributed by atoms with Crippen molar-refractivity contribution in [1.82, 2.24) is 15.3 Å². The van der Waals surface area contributed by atoms with Gasteiger partial charge < -0.3 is 5.32 Å². The lowest BCUT2D eigenvalue weighted by molar-refractivity contribution is 0.681. The molecule has 0 aromatic carbocycles. The third-order valence-corrected chi connectivity index (χ3v) is 4.63. The molecule has 106 valence electrons. The van der Waals surface area contributed by atoms with Gasteiger partial charge >= 0.3 is 0 Å². The van der Waals surface area contributed by atoms with Gasteiger partial charge in [-0.1, -0.05) is 13.8 Å². The number of thiazole rings is 1. The summed E-state index contributed by atoms with van der Waals surface area (Å²) in [6.07, 6.45) is 4.51. The van der Waals surface area contributed by atoms with E-state index in [1.807, 2.05) is 12.3 Å². The maximum absolute atomic E-state index is 4.84. The molecule has 0 spiro atoms. The molecular formula is C16H21N3S. The molecule has 3 rings (SSSR count). The molecule has 4 heteroatoms. The van der Waals surface area contributed by atoms with E-state index in [2.05, 4.69) is 37.1 Å². The van der Waals surface area contributed by atoms with Gasteiger partial charge in [0, 0.05) is 23.7 Å². The minimum atomic E-state index is 0.459. The Labute approximate surface area is 124 Å².